The molecule has 0 unspecified atom stereocenters. The molecule has 0 aliphatic carbocycles. The maximum atomic E-state index is 4.10. The highest BCUT2D eigenvalue weighted by atomic mass is 32.1. The first-order valence-electron chi connectivity index (χ1n) is 4.07. The van der Waals surface area contributed by atoms with Crippen molar-refractivity contribution in [3.05, 3.63) is 24.7 Å². The molecule has 0 saturated heterocycles. The molecule has 5 heteroatoms. The average molecular weight is 195 g/mol. The minimum absolute atomic E-state index is 0.808. The SMILES string of the molecule is CC.c1cnc(-c2cnns2)[nH+]c1. The Morgan fingerprint density at radius 2 is 2.23 bits per heavy atom. The van der Waals surface area contributed by atoms with Crippen LogP contribution in [0.1, 0.15) is 13.8 Å². The van der Waals surface area contributed by atoms with Gasteiger partial charge in [0.2, 0.25) is 0 Å². The summed E-state index contributed by atoms with van der Waals surface area (Å²) in [5, 5.41) is 3.71. The van der Waals surface area contributed by atoms with E-state index in [4.69, 9.17) is 0 Å². The number of aromatic amines is 1. The maximum absolute atomic E-state index is 4.10. The lowest BCUT2D eigenvalue weighted by Crippen LogP contribution is -2.05. The molecule has 13 heavy (non-hydrogen) atoms. The van der Waals surface area contributed by atoms with Crippen molar-refractivity contribution >= 4 is 11.5 Å². The highest BCUT2D eigenvalue weighted by Gasteiger charge is 2.08. The van der Waals surface area contributed by atoms with Gasteiger partial charge in [0.05, 0.1) is 12.4 Å². The summed E-state index contributed by atoms with van der Waals surface area (Å²) in [5.74, 6) is 0.808. The van der Waals surface area contributed by atoms with E-state index in [0.29, 0.717) is 0 Å². The van der Waals surface area contributed by atoms with Crippen LogP contribution in [0.3, 0.4) is 0 Å². The zero-order chi connectivity index (χ0) is 9.52. The van der Waals surface area contributed by atoms with E-state index in [2.05, 4.69) is 19.6 Å². The zero-order valence-corrected chi connectivity index (χ0v) is 8.38. The minimum atomic E-state index is 0.808. The molecule has 0 bridgehead atoms. The first kappa shape index (κ1) is 9.73. The normalized spacial score (nSPS) is 8.77. The number of aromatic nitrogens is 4. The molecule has 0 fully saturated rings. The van der Waals surface area contributed by atoms with Crippen molar-refractivity contribution in [2.24, 2.45) is 0 Å². The monoisotopic (exact) mass is 195 g/mol. The molecule has 0 atom stereocenters. The smallest absolute Gasteiger partial charge is 0.243 e. The summed E-state index contributed by atoms with van der Waals surface area (Å²) in [7, 11) is 0. The summed E-state index contributed by atoms with van der Waals surface area (Å²) >= 11 is 1.32. The van der Waals surface area contributed by atoms with Gasteiger partial charge in [0.25, 0.3) is 0 Å². The van der Waals surface area contributed by atoms with E-state index < -0.39 is 0 Å². The lowest BCUT2D eigenvalue weighted by atomic mass is 10.5. The number of H-pyrrole nitrogens is 1. The van der Waals surface area contributed by atoms with Gasteiger partial charge in [-0.1, -0.05) is 18.3 Å². The van der Waals surface area contributed by atoms with Crippen molar-refractivity contribution in [2.45, 2.75) is 13.8 Å². The Morgan fingerprint density at radius 3 is 2.77 bits per heavy atom. The molecule has 1 N–H and O–H groups in total. The highest BCUT2D eigenvalue weighted by molar-refractivity contribution is 7.09. The van der Waals surface area contributed by atoms with Crippen LogP contribution in [0.25, 0.3) is 10.7 Å². The lowest BCUT2D eigenvalue weighted by molar-refractivity contribution is -0.368. The Hall–Kier alpha value is -1.36. The molecule has 0 aliphatic rings. The van der Waals surface area contributed by atoms with E-state index in [1.807, 2.05) is 26.1 Å². The van der Waals surface area contributed by atoms with Gasteiger partial charge in [-0.25, -0.2) is 4.98 Å². The summed E-state index contributed by atoms with van der Waals surface area (Å²) in [4.78, 5) is 8.04. The van der Waals surface area contributed by atoms with Crippen molar-refractivity contribution in [3.8, 4) is 10.7 Å². The molecule has 4 nitrogen and oxygen atoms in total. The predicted molar refractivity (Wildman–Crippen MR) is 51.0 cm³/mol. The molecule has 0 amide bonds. The number of nitrogens with one attached hydrogen (secondary N) is 1. The summed E-state index contributed by atoms with van der Waals surface area (Å²) in [6, 6.07) is 1.83. The van der Waals surface area contributed by atoms with Gasteiger partial charge >= 0.3 is 5.82 Å². The Bertz CT molecular complexity index is 319. The van der Waals surface area contributed by atoms with Gasteiger partial charge in [0, 0.05) is 6.07 Å². The molecular weight excluding hydrogens is 184 g/mol. The Labute approximate surface area is 80.9 Å². The summed E-state index contributed by atoms with van der Waals surface area (Å²) in [6.45, 7) is 4.00. The van der Waals surface area contributed by atoms with Crippen molar-refractivity contribution < 1.29 is 4.98 Å². The second-order valence-corrected chi connectivity index (χ2v) is 2.70. The van der Waals surface area contributed by atoms with Crippen LogP contribution in [0.15, 0.2) is 24.7 Å². The van der Waals surface area contributed by atoms with Crippen molar-refractivity contribution in [1.29, 1.82) is 0 Å². The molecule has 0 aliphatic heterocycles. The Kier molecular flexibility index (Phi) is 3.98. The topological polar surface area (TPSA) is 52.8 Å². The van der Waals surface area contributed by atoms with Gasteiger partial charge < -0.3 is 0 Å². The predicted octanol–water partition coefficient (Wildman–Crippen LogP) is 1.44. The molecule has 0 radical (unpaired) electrons. The van der Waals surface area contributed by atoms with Crippen LogP contribution in [0.4, 0.5) is 0 Å². The van der Waals surface area contributed by atoms with Crippen LogP contribution in [0, 0.1) is 0 Å². The fourth-order valence-corrected chi connectivity index (χ4v) is 1.21. The van der Waals surface area contributed by atoms with Crippen LogP contribution in [0.5, 0.6) is 0 Å². The van der Waals surface area contributed by atoms with E-state index >= 15 is 0 Å². The first-order valence-corrected chi connectivity index (χ1v) is 4.84. The van der Waals surface area contributed by atoms with E-state index in [0.717, 1.165) is 10.7 Å². The van der Waals surface area contributed by atoms with Crippen LogP contribution in [-0.2, 0) is 0 Å². The molecular formula is C8H11N4S+. The van der Waals surface area contributed by atoms with E-state index in [1.165, 1.54) is 11.5 Å². The minimum Gasteiger partial charge on any atom is -0.243 e. The van der Waals surface area contributed by atoms with Gasteiger partial charge in [-0.05, 0) is 16.5 Å². The average Bonchev–Trinajstić information content (AvgIpc) is 2.75. The third-order valence-electron chi connectivity index (χ3n) is 1.20. The van der Waals surface area contributed by atoms with Gasteiger partial charge in [0.1, 0.15) is 6.20 Å². The summed E-state index contributed by atoms with van der Waals surface area (Å²) in [6.07, 6.45) is 5.23. The molecule has 0 spiro atoms. The van der Waals surface area contributed by atoms with E-state index in [9.17, 15) is 0 Å². The zero-order valence-electron chi connectivity index (χ0n) is 7.56. The highest BCUT2D eigenvalue weighted by Crippen LogP contribution is 2.12. The lowest BCUT2D eigenvalue weighted by Gasteiger charge is -1.80. The van der Waals surface area contributed by atoms with E-state index in [1.54, 1.807) is 12.4 Å². The third kappa shape index (κ3) is 2.55. The molecule has 0 aromatic carbocycles. The summed E-state index contributed by atoms with van der Waals surface area (Å²) < 4.78 is 3.73. The van der Waals surface area contributed by atoms with Crippen molar-refractivity contribution in [3.63, 3.8) is 0 Å². The third-order valence-corrected chi connectivity index (χ3v) is 1.87. The Balaban J connectivity index is 0.000000396. The molecule has 2 aromatic rings. The number of hydrogen-bond acceptors (Lipinski definition) is 4. The van der Waals surface area contributed by atoms with Crippen LogP contribution in [-0.4, -0.2) is 14.6 Å². The van der Waals surface area contributed by atoms with E-state index in [-0.39, 0.29) is 0 Å². The second-order valence-electron chi connectivity index (χ2n) is 1.91. The van der Waals surface area contributed by atoms with Gasteiger partial charge in [-0.15, -0.1) is 5.10 Å². The quantitative estimate of drug-likeness (QED) is 0.692. The molecule has 2 aromatic heterocycles. The molecule has 2 heterocycles. The molecule has 68 valence electrons. The van der Waals surface area contributed by atoms with Crippen LogP contribution >= 0.6 is 11.5 Å². The van der Waals surface area contributed by atoms with Crippen LogP contribution < -0.4 is 4.98 Å². The van der Waals surface area contributed by atoms with Gasteiger partial charge in [-0.2, -0.15) is 0 Å². The largest absolute Gasteiger partial charge is 0.341 e. The van der Waals surface area contributed by atoms with Crippen molar-refractivity contribution in [1.82, 2.24) is 14.6 Å². The standard InChI is InChI=1S/C6H4N4S.C2H6/c1-2-7-6(8-3-1)5-4-9-10-11-5;1-2/h1-4H;1-2H3/p+1. The maximum Gasteiger partial charge on any atom is 0.341 e. The summed E-state index contributed by atoms with van der Waals surface area (Å²) in [5.41, 5.74) is 0. The molecule has 2 rings (SSSR count). The Morgan fingerprint density at radius 1 is 1.38 bits per heavy atom. The number of hydrogen-bond donors (Lipinski definition) is 0. The number of nitrogens with zero attached hydrogens (tertiary/aromatic N) is 3. The fourth-order valence-electron chi connectivity index (χ4n) is 0.731. The number of rotatable bonds is 1. The second kappa shape index (κ2) is 5.31. The first-order chi connectivity index (χ1) is 6.47. The van der Waals surface area contributed by atoms with Crippen molar-refractivity contribution in [2.75, 3.05) is 0 Å². The van der Waals surface area contributed by atoms with Gasteiger partial charge in [-0.3, -0.25) is 0 Å². The fraction of sp³-hybridized carbons (Fsp3) is 0.250. The molecule has 0 saturated carbocycles. The van der Waals surface area contributed by atoms with Gasteiger partial charge in [0.15, 0.2) is 4.88 Å². The van der Waals surface area contributed by atoms with Crippen LogP contribution in [0.2, 0.25) is 0 Å².